The summed E-state index contributed by atoms with van der Waals surface area (Å²) in [6, 6.07) is 11.8. The largest absolute Gasteiger partial charge is 0.364 e. The second-order valence-corrected chi connectivity index (χ2v) is 9.89. The lowest BCUT2D eigenvalue weighted by Crippen LogP contribution is -2.58. The van der Waals surface area contributed by atoms with Crippen LogP contribution < -0.4 is 10.5 Å². The predicted octanol–water partition coefficient (Wildman–Crippen LogP) is 5.05. The Balaban J connectivity index is 1.59. The van der Waals surface area contributed by atoms with Crippen molar-refractivity contribution in [3.63, 3.8) is 0 Å². The number of hydrogen-bond donors (Lipinski definition) is 0. The molecule has 1 saturated heterocycles. The van der Waals surface area contributed by atoms with Crippen LogP contribution in [-0.4, -0.2) is 39.6 Å². The molecule has 4 aromatic rings. The first-order valence-corrected chi connectivity index (χ1v) is 12.4. The molecule has 39 heavy (non-hydrogen) atoms. The van der Waals surface area contributed by atoms with E-state index in [0.29, 0.717) is 47.5 Å². The van der Waals surface area contributed by atoms with Crippen LogP contribution in [0.3, 0.4) is 0 Å². The molecule has 0 amide bonds. The molecule has 0 aliphatic carbocycles. The number of aromatic nitrogens is 2. The Morgan fingerprint density at radius 1 is 0.923 bits per heavy atom. The van der Waals surface area contributed by atoms with Crippen LogP contribution >= 0.6 is 0 Å². The van der Waals surface area contributed by atoms with E-state index < -0.39 is 29.3 Å². The SMILES string of the molecule is C[C@@H]1CN(c2cc(=O)n(C)c3ccc(C#N)nc23)[C@@H](C)CN1C(c1ccc(F)cc1)c1c(F)cc(F)cc1F. The Labute approximate surface area is 222 Å². The van der Waals surface area contributed by atoms with Crippen LogP contribution in [-0.2, 0) is 7.05 Å². The summed E-state index contributed by atoms with van der Waals surface area (Å²) in [5.41, 5.74) is 1.71. The van der Waals surface area contributed by atoms with E-state index in [2.05, 4.69) is 4.98 Å². The molecule has 1 unspecified atom stereocenters. The number of nitriles is 1. The number of nitrogens with zero attached hydrogens (tertiary/aromatic N) is 5. The van der Waals surface area contributed by atoms with Crippen molar-refractivity contribution in [2.75, 3.05) is 18.0 Å². The number of hydrogen-bond acceptors (Lipinski definition) is 5. The minimum absolute atomic E-state index is 0.209. The summed E-state index contributed by atoms with van der Waals surface area (Å²) in [5, 5.41) is 9.40. The number of halogens is 4. The Morgan fingerprint density at radius 3 is 2.23 bits per heavy atom. The fraction of sp³-hybridized carbons (Fsp3) is 0.276. The summed E-state index contributed by atoms with van der Waals surface area (Å²) in [4.78, 5) is 21.2. The molecule has 2 aromatic heterocycles. The molecule has 0 spiro atoms. The first-order valence-electron chi connectivity index (χ1n) is 12.4. The second-order valence-electron chi connectivity index (χ2n) is 9.89. The zero-order valence-electron chi connectivity index (χ0n) is 21.5. The summed E-state index contributed by atoms with van der Waals surface area (Å²) in [6.45, 7) is 4.44. The highest BCUT2D eigenvalue weighted by atomic mass is 19.1. The molecule has 2 aromatic carbocycles. The first kappa shape index (κ1) is 26.4. The Bertz CT molecular complexity index is 1640. The van der Waals surface area contributed by atoms with E-state index in [1.807, 2.05) is 29.7 Å². The molecule has 0 radical (unpaired) electrons. The summed E-state index contributed by atoms with van der Waals surface area (Å²) in [5.74, 6) is -3.59. The van der Waals surface area contributed by atoms with Gasteiger partial charge in [0.1, 0.15) is 40.5 Å². The number of pyridine rings is 2. The molecule has 1 aliphatic heterocycles. The molecule has 0 N–H and O–H groups in total. The maximum atomic E-state index is 15.1. The van der Waals surface area contributed by atoms with Gasteiger partial charge in [-0.15, -0.1) is 0 Å². The van der Waals surface area contributed by atoms with Gasteiger partial charge in [-0.1, -0.05) is 12.1 Å². The molecule has 200 valence electrons. The van der Waals surface area contributed by atoms with Gasteiger partial charge in [0.25, 0.3) is 5.56 Å². The molecule has 3 heterocycles. The van der Waals surface area contributed by atoms with Crippen LogP contribution in [0.4, 0.5) is 23.2 Å². The van der Waals surface area contributed by atoms with E-state index in [-0.39, 0.29) is 28.9 Å². The highest BCUT2D eigenvalue weighted by Crippen LogP contribution is 2.38. The monoisotopic (exact) mass is 535 g/mol. The third kappa shape index (κ3) is 4.74. The van der Waals surface area contributed by atoms with E-state index >= 15 is 8.78 Å². The van der Waals surface area contributed by atoms with Crippen molar-refractivity contribution in [2.45, 2.75) is 32.0 Å². The average molecular weight is 536 g/mol. The number of fused-ring (bicyclic) bond motifs is 1. The van der Waals surface area contributed by atoms with Gasteiger partial charge in [0, 0.05) is 56.0 Å². The van der Waals surface area contributed by atoms with Gasteiger partial charge in [0.2, 0.25) is 0 Å². The van der Waals surface area contributed by atoms with Gasteiger partial charge in [-0.2, -0.15) is 5.26 Å². The topological polar surface area (TPSA) is 65.2 Å². The van der Waals surface area contributed by atoms with E-state index in [1.54, 1.807) is 19.2 Å². The molecule has 5 rings (SSSR count). The van der Waals surface area contributed by atoms with Crippen LogP contribution in [0.5, 0.6) is 0 Å². The Kier molecular flexibility index (Phi) is 6.87. The van der Waals surface area contributed by atoms with Crippen molar-refractivity contribution in [2.24, 2.45) is 7.05 Å². The molecule has 10 heteroatoms. The van der Waals surface area contributed by atoms with Crippen molar-refractivity contribution < 1.29 is 17.6 Å². The molecule has 6 nitrogen and oxygen atoms in total. The van der Waals surface area contributed by atoms with Crippen LogP contribution in [0.15, 0.2) is 59.4 Å². The number of rotatable bonds is 4. The third-order valence-electron chi connectivity index (χ3n) is 7.36. The smallest absolute Gasteiger partial charge is 0.252 e. The number of benzene rings is 2. The van der Waals surface area contributed by atoms with Crippen LogP contribution in [0.1, 0.15) is 36.7 Å². The summed E-state index contributed by atoms with van der Waals surface area (Å²) >= 11 is 0. The third-order valence-corrected chi connectivity index (χ3v) is 7.36. The highest BCUT2D eigenvalue weighted by Gasteiger charge is 2.38. The fourth-order valence-electron chi connectivity index (χ4n) is 5.43. The average Bonchev–Trinajstić information content (AvgIpc) is 2.90. The van der Waals surface area contributed by atoms with Crippen molar-refractivity contribution in [3.05, 3.63) is 105 Å². The van der Waals surface area contributed by atoms with Gasteiger partial charge in [0.15, 0.2) is 0 Å². The summed E-state index contributed by atoms with van der Waals surface area (Å²) in [6.07, 6.45) is 0. The predicted molar refractivity (Wildman–Crippen MR) is 139 cm³/mol. The first-order chi connectivity index (χ1) is 18.6. The zero-order valence-corrected chi connectivity index (χ0v) is 21.5. The molecule has 0 saturated carbocycles. The molecule has 1 aliphatic rings. The molecular formula is C29H25F4N5O. The maximum absolute atomic E-state index is 15.1. The van der Waals surface area contributed by atoms with Gasteiger partial charge >= 0.3 is 0 Å². The normalized spacial score (nSPS) is 18.8. The van der Waals surface area contributed by atoms with Gasteiger partial charge in [0.05, 0.1) is 17.2 Å². The van der Waals surface area contributed by atoms with E-state index in [1.165, 1.54) is 34.9 Å². The lowest BCUT2D eigenvalue weighted by molar-refractivity contribution is 0.125. The molecular weight excluding hydrogens is 510 g/mol. The van der Waals surface area contributed by atoms with Crippen molar-refractivity contribution >= 4 is 16.7 Å². The molecule has 0 bridgehead atoms. The van der Waals surface area contributed by atoms with Crippen LogP contribution in [0, 0.1) is 34.6 Å². The van der Waals surface area contributed by atoms with Gasteiger partial charge in [-0.05, 0) is 43.7 Å². The zero-order chi connectivity index (χ0) is 28.0. The Hall–Kier alpha value is -4.23. The van der Waals surface area contributed by atoms with Crippen molar-refractivity contribution in [1.82, 2.24) is 14.5 Å². The van der Waals surface area contributed by atoms with E-state index in [4.69, 9.17) is 0 Å². The fourth-order valence-corrected chi connectivity index (χ4v) is 5.43. The van der Waals surface area contributed by atoms with E-state index in [0.717, 1.165) is 0 Å². The number of piperazine rings is 1. The second kappa shape index (κ2) is 10.2. The lowest BCUT2D eigenvalue weighted by atomic mass is 9.92. The van der Waals surface area contributed by atoms with Crippen LogP contribution in [0.25, 0.3) is 11.0 Å². The lowest BCUT2D eigenvalue weighted by Gasteiger charge is -2.48. The minimum atomic E-state index is -1.03. The number of anilines is 1. The van der Waals surface area contributed by atoms with Gasteiger partial charge in [-0.25, -0.2) is 22.5 Å². The molecule has 1 fully saturated rings. The number of aryl methyl sites for hydroxylation is 1. The molecule has 3 atom stereocenters. The standard InChI is InChI=1S/C29H25F4N5O/c1-16-15-38(29(18-4-6-19(30)7-5-18)27-22(32)10-20(31)11-23(27)33)17(2)14-37(16)25-12-26(39)36(3)24-9-8-21(13-34)35-28(24)25/h4-12,16-17,29H,14-15H2,1-3H3/t16-,17+,29?/m0/s1. The summed E-state index contributed by atoms with van der Waals surface area (Å²) < 4.78 is 59.2. The minimum Gasteiger partial charge on any atom is -0.364 e. The van der Waals surface area contributed by atoms with E-state index in [9.17, 15) is 18.8 Å². The highest BCUT2D eigenvalue weighted by molar-refractivity contribution is 5.89. The van der Waals surface area contributed by atoms with Crippen LogP contribution in [0.2, 0.25) is 0 Å². The maximum Gasteiger partial charge on any atom is 0.252 e. The Morgan fingerprint density at radius 2 is 1.59 bits per heavy atom. The van der Waals surface area contributed by atoms with Crippen molar-refractivity contribution in [1.29, 1.82) is 5.26 Å². The quantitative estimate of drug-likeness (QED) is 0.342. The summed E-state index contributed by atoms with van der Waals surface area (Å²) in [7, 11) is 1.63. The van der Waals surface area contributed by atoms with Gasteiger partial charge < -0.3 is 9.47 Å². The van der Waals surface area contributed by atoms with Crippen molar-refractivity contribution in [3.8, 4) is 6.07 Å². The van der Waals surface area contributed by atoms with Gasteiger partial charge in [-0.3, -0.25) is 9.69 Å².